The maximum absolute atomic E-state index is 12.5. The molecule has 106 valence electrons. The Kier molecular flexibility index (Phi) is 4.56. The number of hydrogen-bond acceptors (Lipinski definition) is 3. The van der Waals surface area contributed by atoms with E-state index >= 15 is 0 Å². The minimum Gasteiger partial charge on any atom is -0.333 e. The average molecular weight is 264 g/mol. The van der Waals surface area contributed by atoms with Crippen LogP contribution in [0.15, 0.2) is 0 Å². The fraction of sp³-hybridized carbons (Fsp3) is 0.786. The molecule has 0 saturated carbocycles. The summed E-state index contributed by atoms with van der Waals surface area (Å²) >= 11 is 0. The highest BCUT2D eigenvalue weighted by Crippen LogP contribution is 2.21. The second-order valence-electron chi connectivity index (χ2n) is 5.61. The number of aromatic amines is 1. The van der Waals surface area contributed by atoms with Crippen molar-refractivity contribution < 1.29 is 4.79 Å². The zero-order valence-electron chi connectivity index (χ0n) is 12.1. The zero-order chi connectivity index (χ0) is 13.8. The van der Waals surface area contributed by atoms with E-state index in [0.717, 1.165) is 31.6 Å². The number of aromatic nitrogens is 3. The molecule has 1 aromatic rings. The Morgan fingerprint density at radius 3 is 2.84 bits per heavy atom. The third-order valence-corrected chi connectivity index (χ3v) is 3.85. The normalized spacial score (nSPS) is 20.6. The first-order chi connectivity index (χ1) is 9.13. The Hall–Kier alpha value is -1.39. The van der Waals surface area contributed by atoms with Crippen LogP contribution in [0.1, 0.15) is 75.2 Å². The molecule has 5 heteroatoms. The van der Waals surface area contributed by atoms with E-state index in [1.807, 2.05) is 18.7 Å². The van der Waals surface area contributed by atoms with Gasteiger partial charge in [-0.25, -0.2) is 4.98 Å². The maximum atomic E-state index is 12.5. The molecule has 0 spiro atoms. The van der Waals surface area contributed by atoms with E-state index in [1.165, 1.54) is 12.8 Å². The minimum absolute atomic E-state index is 0.0168. The molecule has 2 rings (SSSR count). The molecule has 1 N–H and O–H groups in total. The van der Waals surface area contributed by atoms with Crippen molar-refractivity contribution in [3.8, 4) is 0 Å². The Morgan fingerprint density at radius 1 is 1.42 bits per heavy atom. The summed E-state index contributed by atoms with van der Waals surface area (Å²) in [5.41, 5.74) is 0. The fourth-order valence-electron chi connectivity index (χ4n) is 2.63. The Labute approximate surface area is 114 Å². The molecular weight excluding hydrogens is 240 g/mol. The van der Waals surface area contributed by atoms with E-state index in [4.69, 9.17) is 0 Å². The highest BCUT2D eigenvalue weighted by molar-refractivity contribution is 5.90. The SMILES string of the molecule is CCC1CCCCCN1C(=O)c1n[nH]c(C(C)C)n1. The molecule has 0 radical (unpaired) electrons. The van der Waals surface area contributed by atoms with E-state index in [2.05, 4.69) is 22.1 Å². The number of nitrogens with one attached hydrogen (secondary N) is 1. The Balaban J connectivity index is 2.15. The van der Waals surface area contributed by atoms with Crippen LogP contribution in [0, 0.1) is 0 Å². The van der Waals surface area contributed by atoms with Gasteiger partial charge < -0.3 is 4.90 Å². The van der Waals surface area contributed by atoms with Gasteiger partial charge in [-0.15, -0.1) is 5.10 Å². The molecule has 1 amide bonds. The first-order valence-corrected chi connectivity index (χ1v) is 7.36. The smallest absolute Gasteiger partial charge is 0.293 e. The van der Waals surface area contributed by atoms with Gasteiger partial charge in [-0.3, -0.25) is 9.89 Å². The van der Waals surface area contributed by atoms with Crippen molar-refractivity contribution in [2.75, 3.05) is 6.54 Å². The highest BCUT2D eigenvalue weighted by Gasteiger charge is 2.27. The number of carbonyl (C=O) groups is 1. The molecule has 1 aliphatic rings. The van der Waals surface area contributed by atoms with Crippen LogP contribution in [-0.2, 0) is 0 Å². The second kappa shape index (κ2) is 6.17. The summed E-state index contributed by atoms with van der Waals surface area (Å²) in [6, 6.07) is 0.344. The van der Waals surface area contributed by atoms with Crippen LogP contribution >= 0.6 is 0 Å². The van der Waals surface area contributed by atoms with Gasteiger partial charge >= 0.3 is 0 Å². The van der Waals surface area contributed by atoms with Crippen molar-refractivity contribution in [2.45, 2.75) is 64.8 Å². The summed E-state index contributed by atoms with van der Waals surface area (Å²) in [5, 5.41) is 6.95. The summed E-state index contributed by atoms with van der Waals surface area (Å²) in [4.78, 5) is 18.8. The van der Waals surface area contributed by atoms with Gasteiger partial charge in [-0.1, -0.05) is 33.6 Å². The molecule has 1 unspecified atom stereocenters. The lowest BCUT2D eigenvalue weighted by Crippen LogP contribution is -2.40. The van der Waals surface area contributed by atoms with Crippen LogP contribution in [0.2, 0.25) is 0 Å². The van der Waals surface area contributed by atoms with Crippen molar-refractivity contribution in [1.29, 1.82) is 0 Å². The lowest BCUT2D eigenvalue weighted by molar-refractivity contribution is 0.0666. The van der Waals surface area contributed by atoms with Crippen molar-refractivity contribution in [3.63, 3.8) is 0 Å². The molecule has 1 aliphatic heterocycles. The van der Waals surface area contributed by atoms with Gasteiger partial charge in [0, 0.05) is 18.5 Å². The molecule has 2 heterocycles. The van der Waals surface area contributed by atoms with Gasteiger partial charge in [-0.2, -0.15) is 0 Å². The first-order valence-electron chi connectivity index (χ1n) is 7.36. The third-order valence-electron chi connectivity index (χ3n) is 3.85. The number of amides is 1. The Morgan fingerprint density at radius 2 is 2.21 bits per heavy atom. The number of H-pyrrole nitrogens is 1. The quantitative estimate of drug-likeness (QED) is 0.913. The molecule has 1 fully saturated rings. The van der Waals surface area contributed by atoms with Gasteiger partial charge in [0.15, 0.2) is 0 Å². The summed E-state index contributed by atoms with van der Waals surface area (Å²) in [7, 11) is 0. The fourth-order valence-corrected chi connectivity index (χ4v) is 2.63. The summed E-state index contributed by atoms with van der Waals surface area (Å²) in [6.45, 7) is 7.06. The molecule has 0 aliphatic carbocycles. The van der Waals surface area contributed by atoms with E-state index in [-0.39, 0.29) is 11.8 Å². The zero-order valence-corrected chi connectivity index (χ0v) is 12.1. The Bertz CT molecular complexity index is 427. The molecule has 5 nitrogen and oxygen atoms in total. The highest BCUT2D eigenvalue weighted by atomic mass is 16.2. The molecule has 1 atom stereocenters. The monoisotopic (exact) mass is 264 g/mol. The first kappa shape index (κ1) is 14.0. The topological polar surface area (TPSA) is 61.9 Å². The largest absolute Gasteiger partial charge is 0.333 e. The number of hydrogen-bond donors (Lipinski definition) is 1. The number of rotatable bonds is 3. The maximum Gasteiger partial charge on any atom is 0.293 e. The van der Waals surface area contributed by atoms with Gasteiger partial charge in [0.2, 0.25) is 5.82 Å². The third kappa shape index (κ3) is 3.14. The summed E-state index contributed by atoms with van der Waals surface area (Å²) in [6.07, 6.45) is 5.62. The van der Waals surface area contributed by atoms with Crippen LogP contribution in [0.25, 0.3) is 0 Å². The van der Waals surface area contributed by atoms with Crippen LogP contribution in [-0.4, -0.2) is 38.6 Å². The van der Waals surface area contributed by atoms with Gasteiger partial charge in [0.05, 0.1) is 0 Å². The van der Waals surface area contributed by atoms with Crippen LogP contribution in [0.5, 0.6) is 0 Å². The average Bonchev–Trinajstić information content (AvgIpc) is 2.77. The molecule has 1 aromatic heterocycles. The van der Waals surface area contributed by atoms with Crippen molar-refractivity contribution in [1.82, 2.24) is 20.1 Å². The summed E-state index contributed by atoms with van der Waals surface area (Å²) < 4.78 is 0. The predicted molar refractivity (Wildman–Crippen MR) is 74.1 cm³/mol. The molecule has 0 aromatic carbocycles. The van der Waals surface area contributed by atoms with E-state index < -0.39 is 0 Å². The van der Waals surface area contributed by atoms with Gasteiger partial charge in [-0.05, 0) is 19.3 Å². The van der Waals surface area contributed by atoms with E-state index in [0.29, 0.717) is 11.9 Å². The van der Waals surface area contributed by atoms with E-state index in [1.54, 1.807) is 0 Å². The number of likely N-dealkylation sites (tertiary alicyclic amines) is 1. The van der Waals surface area contributed by atoms with Crippen molar-refractivity contribution in [2.24, 2.45) is 0 Å². The van der Waals surface area contributed by atoms with Crippen LogP contribution < -0.4 is 0 Å². The molecule has 0 bridgehead atoms. The molecule has 1 saturated heterocycles. The minimum atomic E-state index is -0.0168. The van der Waals surface area contributed by atoms with Crippen molar-refractivity contribution in [3.05, 3.63) is 11.6 Å². The molecular formula is C14H24N4O. The molecule has 19 heavy (non-hydrogen) atoms. The predicted octanol–water partition coefficient (Wildman–Crippen LogP) is 2.72. The van der Waals surface area contributed by atoms with E-state index in [9.17, 15) is 4.79 Å². The van der Waals surface area contributed by atoms with Crippen LogP contribution in [0.4, 0.5) is 0 Å². The summed E-state index contributed by atoms with van der Waals surface area (Å²) in [5.74, 6) is 1.35. The van der Waals surface area contributed by atoms with Gasteiger partial charge in [0.1, 0.15) is 5.82 Å². The van der Waals surface area contributed by atoms with Crippen molar-refractivity contribution >= 4 is 5.91 Å². The number of carbonyl (C=O) groups excluding carboxylic acids is 1. The second-order valence-corrected chi connectivity index (χ2v) is 5.61. The van der Waals surface area contributed by atoms with Crippen LogP contribution in [0.3, 0.4) is 0 Å². The standard InChI is InChI=1S/C14H24N4O/c1-4-11-8-6-5-7-9-18(11)14(19)13-15-12(10(2)3)16-17-13/h10-11H,4-9H2,1-3H3,(H,15,16,17). The van der Waals surface area contributed by atoms with Gasteiger partial charge in [0.25, 0.3) is 5.91 Å². The number of nitrogens with zero attached hydrogens (tertiary/aromatic N) is 3. The lowest BCUT2D eigenvalue weighted by atomic mass is 10.1. The lowest BCUT2D eigenvalue weighted by Gasteiger charge is -2.28.